The molecule has 0 aromatic heterocycles. The number of benzene rings is 2. The second-order valence-corrected chi connectivity index (χ2v) is 4.36. The lowest BCUT2D eigenvalue weighted by molar-refractivity contribution is -0.137. The van der Waals surface area contributed by atoms with Gasteiger partial charge in [-0.3, -0.25) is 4.79 Å². The van der Waals surface area contributed by atoms with E-state index in [4.69, 9.17) is 9.84 Å². The molecule has 94 valence electrons. The number of ether oxygens (including phenoxy) is 1. The van der Waals surface area contributed by atoms with Gasteiger partial charge in [0.15, 0.2) is 0 Å². The van der Waals surface area contributed by atoms with Gasteiger partial charge in [0, 0.05) is 6.42 Å². The van der Waals surface area contributed by atoms with E-state index >= 15 is 0 Å². The standard InChI is InChI=1S/C15H16O3/c1-11-4-5-13-10-14(7-6-12(13)9-11)18-8-2-3-15(16)17/h4-7,9-10H,2-3,8H2,1H3,(H,16,17). The molecule has 3 nitrogen and oxygen atoms in total. The van der Waals surface area contributed by atoms with Gasteiger partial charge in [-0.25, -0.2) is 0 Å². The first-order valence-electron chi connectivity index (χ1n) is 6.00. The number of hydrogen-bond acceptors (Lipinski definition) is 2. The quantitative estimate of drug-likeness (QED) is 0.820. The minimum Gasteiger partial charge on any atom is -0.494 e. The Bertz CT molecular complexity index is 561. The van der Waals surface area contributed by atoms with Crippen LogP contribution in [0, 0.1) is 6.92 Å². The Morgan fingerprint density at radius 3 is 2.67 bits per heavy atom. The molecule has 0 radical (unpaired) electrons. The van der Waals surface area contributed by atoms with Gasteiger partial charge in [0.2, 0.25) is 0 Å². The average molecular weight is 244 g/mol. The Balaban J connectivity index is 2.01. The van der Waals surface area contributed by atoms with Crippen molar-refractivity contribution >= 4 is 16.7 Å². The maximum absolute atomic E-state index is 10.4. The Labute approximate surface area is 106 Å². The van der Waals surface area contributed by atoms with Crippen LogP contribution >= 0.6 is 0 Å². The lowest BCUT2D eigenvalue weighted by atomic mass is 10.1. The zero-order chi connectivity index (χ0) is 13.0. The van der Waals surface area contributed by atoms with Gasteiger partial charge in [0.1, 0.15) is 5.75 Å². The number of rotatable bonds is 5. The second kappa shape index (κ2) is 5.54. The van der Waals surface area contributed by atoms with Gasteiger partial charge in [-0.2, -0.15) is 0 Å². The molecule has 0 spiro atoms. The molecule has 0 bridgehead atoms. The smallest absolute Gasteiger partial charge is 0.303 e. The molecule has 3 heteroatoms. The van der Waals surface area contributed by atoms with Crippen LogP contribution in [0.5, 0.6) is 5.75 Å². The number of carboxylic acids is 1. The zero-order valence-electron chi connectivity index (χ0n) is 10.3. The molecule has 0 saturated carbocycles. The van der Waals surface area contributed by atoms with E-state index in [-0.39, 0.29) is 6.42 Å². The Morgan fingerprint density at radius 2 is 1.89 bits per heavy atom. The molecule has 18 heavy (non-hydrogen) atoms. The van der Waals surface area contributed by atoms with Crippen molar-refractivity contribution in [2.45, 2.75) is 19.8 Å². The van der Waals surface area contributed by atoms with Crippen molar-refractivity contribution in [2.75, 3.05) is 6.61 Å². The monoisotopic (exact) mass is 244 g/mol. The molecule has 0 aliphatic rings. The summed E-state index contributed by atoms with van der Waals surface area (Å²) in [6.07, 6.45) is 0.675. The van der Waals surface area contributed by atoms with Gasteiger partial charge in [0.05, 0.1) is 6.61 Å². The van der Waals surface area contributed by atoms with E-state index in [1.165, 1.54) is 10.9 Å². The van der Waals surface area contributed by atoms with Crippen molar-refractivity contribution in [1.29, 1.82) is 0 Å². The van der Waals surface area contributed by atoms with E-state index < -0.39 is 5.97 Å². The first-order chi connectivity index (χ1) is 8.65. The third-order valence-corrected chi connectivity index (χ3v) is 2.77. The Morgan fingerprint density at radius 1 is 1.17 bits per heavy atom. The van der Waals surface area contributed by atoms with Crippen molar-refractivity contribution in [1.82, 2.24) is 0 Å². The minimum atomic E-state index is -0.785. The van der Waals surface area contributed by atoms with Gasteiger partial charge >= 0.3 is 5.97 Å². The predicted molar refractivity (Wildman–Crippen MR) is 71.0 cm³/mol. The molecule has 1 N–H and O–H groups in total. The van der Waals surface area contributed by atoms with Crippen LogP contribution in [0.1, 0.15) is 18.4 Å². The van der Waals surface area contributed by atoms with Crippen LogP contribution in [0.3, 0.4) is 0 Å². The molecule has 0 fully saturated rings. The van der Waals surface area contributed by atoms with Gasteiger partial charge in [0.25, 0.3) is 0 Å². The highest BCUT2D eigenvalue weighted by Crippen LogP contribution is 2.22. The van der Waals surface area contributed by atoms with E-state index in [1.807, 2.05) is 18.2 Å². The fraction of sp³-hybridized carbons (Fsp3) is 0.267. The van der Waals surface area contributed by atoms with Crippen LogP contribution in [0.25, 0.3) is 10.8 Å². The topological polar surface area (TPSA) is 46.5 Å². The zero-order valence-corrected chi connectivity index (χ0v) is 10.3. The summed E-state index contributed by atoms with van der Waals surface area (Å²) in [5.74, 6) is 0.00401. The summed E-state index contributed by atoms with van der Waals surface area (Å²) in [4.78, 5) is 10.4. The molecule has 0 saturated heterocycles. The van der Waals surface area contributed by atoms with Crippen LogP contribution in [0.4, 0.5) is 0 Å². The largest absolute Gasteiger partial charge is 0.494 e. The van der Waals surface area contributed by atoms with Gasteiger partial charge in [-0.15, -0.1) is 0 Å². The van der Waals surface area contributed by atoms with Crippen molar-refractivity contribution in [2.24, 2.45) is 0 Å². The summed E-state index contributed by atoms with van der Waals surface area (Å²) in [6.45, 7) is 2.50. The molecular weight excluding hydrogens is 228 g/mol. The fourth-order valence-corrected chi connectivity index (χ4v) is 1.85. The molecule has 2 aromatic rings. The van der Waals surface area contributed by atoms with Crippen LogP contribution in [0.15, 0.2) is 36.4 Å². The first kappa shape index (κ1) is 12.4. The lowest BCUT2D eigenvalue weighted by Gasteiger charge is -2.07. The van der Waals surface area contributed by atoms with Gasteiger partial charge in [-0.1, -0.05) is 29.8 Å². The molecule has 0 aliphatic carbocycles. The van der Waals surface area contributed by atoms with Crippen molar-refractivity contribution in [3.8, 4) is 5.75 Å². The minimum absolute atomic E-state index is 0.146. The van der Waals surface area contributed by atoms with E-state index in [1.54, 1.807) is 0 Å². The Kier molecular flexibility index (Phi) is 3.82. The van der Waals surface area contributed by atoms with Crippen LogP contribution in [-0.4, -0.2) is 17.7 Å². The van der Waals surface area contributed by atoms with E-state index in [2.05, 4.69) is 25.1 Å². The molecule has 2 aromatic carbocycles. The highest BCUT2D eigenvalue weighted by Gasteiger charge is 2.00. The third kappa shape index (κ3) is 3.23. The average Bonchev–Trinajstić information content (AvgIpc) is 2.34. The van der Waals surface area contributed by atoms with Gasteiger partial charge < -0.3 is 9.84 Å². The number of hydrogen-bond donors (Lipinski definition) is 1. The van der Waals surface area contributed by atoms with Gasteiger partial charge in [-0.05, 0) is 36.2 Å². The number of aliphatic carboxylic acids is 1. The maximum Gasteiger partial charge on any atom is 0.303 e. The molecular formula is C15H16O3. The van der Waals surface area contributed by atoms with Crippen molar-refractivity contribution < 1.29 is 14.6 Å². The van der Waals surface area contributed by atoms with Crippen molar-refractivity contribution in [3.63, 3.8) is 0 Å². The molecule has 0 amide bonds. The van der Waals surface area contributed by atoms with Crippen LogP contribution in [-0.2, 0) is 4.79 Å². The maximum atomic E-state index is 10.4. The van der Waals surface area contributed by atoms with E-state index in [0.717, 1.165) is 11.1 Å². The van der Waals surface area contributed by atoms with E-state index in [9.17, 15) is 4.79 Å². The third-order valence-electron chi connectivity index (χ3n) is 2.77. The lowest BCUT2D eigenvalue weighted by Crippen LogP contribution is -2.01. The summed E-state index contributed by atoms with van der Waals surface area (Å²) in [7, 11) is 0. The fourth-order valence-electron chi connectivity index (χ4n) is 1.85. The summed E-state index contributed by atoms with van der Waals surface area (Å²) in [5.41, 5.74) is 1.23. The van der Waals surface area contributed by atoms with Crippen molar-refractivity contribution in [3.05, 3.63) is 42.0 Å². The highest BCUT2D eigenvalue weighted by atomic mass is 16.5. The number of fused-ring (bicyclic) bond motifs is 1. The summed E-state index contributed by atoms with van der Waals surface area (Å²) in [5, 5.41) is 10.8. The first-order valence-corrected chi connectivity index (χ1v) is 6.00. The second-order valence-electron chi connectivity index (χ2n) is 4.36. The molecule has 0 heterocycles. The highest BCUT2D eigenvalue weighted by molar-refractivity contribution is 5.84. The SMILES string of the molecule is Cc1ccc2cc(OCCCC(=O)O)ccc2c1. The number of carbonyl (C=O) groups is 1. The molecule has 0 unspecified atom stereocenters. The summed E-state index contributed by atoms with van der Waals surface area (Å²) in [6, 6.07) is 12.2. The number of carboxylic acid groups (broad SMARTS) is 1. The normalized spacial score (nSPS) is 10.5. The van der Waals surface area contributed by atoms with Crippen LogP contribution < -0.4 is 4.74 Å². The Hall–Kier alpha value is -2.03. The molecule has 2 rings (SSSR count). The summed E-state index contributed by atoms with van der Waals surface area (Å²) < 4.78 is 5.53. The van der Waals surface area contributed by atoms with Crippen LogP contribution in [0.2, 0.25) is 0 Å². The molecule has 0 aliphatic heterocycles. The predicted octanol–water partition coefficient (Wildman–Crippen LogP) is 3.39. The molecule has 0 atom stereocenters. The van der Waals surface area contributed by atoms with E-state index in [0.29, 0.717) is 13.0 Å². The number of aryl methyl sites for hydroxylation is 1. The summed E-state index contributed by atoms with van der Waals surface area (Å²) >= 11 is 0.